The summed E-state index contributed by atoms with van der Waals surface area (Å²) in [4.78, 5) is 11.0. The molecular formula is C26H19F3O5. The van der Waals surface area contributed by atoms with Crippen LogP contribution in [0.4, 0.5) is 13.2 Å². The number of fused-ring (bicyclic) bond motifs is 2. The van der Waals surface area contributed by atoms with Crippen LogP contribution in [0.3, 0.4) is 0 Å². The van der Waals surface area contributed by atoms with Crippen LogP contribution in [-0.4, -0.2) is 16.2 Å². The lowest BCUT2D eigenvalue weighted by Gasteiger charge is -2.19. The normalized spacial score (nSPS) is 15.4. The molecule has 4 aromatic rings. The van der Waals surface area contributed by atoms with E-state index < -0.39 is 23.8 Å². The van der Waals surface area contributed by atoms with E-state index in [1.807, 2.05) is 0 Å². The highest BCUT2D eigenvalue weighted by Crippen LogP contribution is 2.46. The van der Waals surface area contributed by atoms with Crippen LogP contribution in [-0.2, 0) is 23.8 Å². The molecule has 0 aliphatic heterocycles. The molecule has 174 valence electrons. The molecule has 1 aromatic heterocycles. The van der Waals surface area contributed by atoms with Crippen molar-refractivity contribution in [3.8, 4) is 22.6 Å². The summed E-state index contributed by atoms with van der Waals surface area (Å²) in [6.07, 6.45) is -2.83. The minimum Gasteiger partial charge on any atom is -0.508 e. The van der Waals surface area contributed by atoms with Crippen LogP contribution < -0.4 is 4.74 Å². The Morgan fingerprint density at radius 1 is 1.09 bits per heavy atom. The first-order chi connectivity index (χ1) is 16.2. The Morgan fingerprint density at radius 2 is 1.85 bits per heavy atom. The number of carbonyl (C=O) groups is 1. The Kier molecular flexibility index (Phi) is 5.23. The quantitative estimate of drug-likeness (QED) is 0.349. The number of ether oxygens (including phenoxy) is 1. The highest BCUT2D eigenvalue weighted by molar-refractivity contribution is 5.86. The van der Waals surface area contributed by atoms with Crippen molar-refractivity contribution in [3.05, 3.63) is 83.1 Å². The van der Waals surface area contributed by atoms with Gasteiger partial charge in [-0.1, -0.05) is 18.2 Å². The minimum absolute atomic E-state index is 0.0223. The van der Waals surface area contributed by atoms with Crippen LogP contribution in [0.1, 0.15) is 34.8 Å². The molecule has 34 heavy (non-hydrogen) atoms. The first-order valence-electron chi connectivity index (χ1n) is 10.6. The zero-order chi connectivity index (χ0) is 24.0. The number of aromatic hydroxyl groups is 1. The van der Waals surface area contributed by atoms with Gasteiger partial charge in [-0.2, -0.15) is 13.2 Å². The van der Waals surface area contributed by atoms with Gasteiger partial charge in [-0.05, 0) is 65.4 Å². The van der Waals surface area contributed by atoms with Gasteiger partial charge in [0.1, 0.15) is 23.2 Å². The van der Waals surface area contributed by atoms with E-state index in [9.17, 15) is 23.1 Å². The number of hydrogen-bond acceptors (Lipinski definition) is 4. The Balaban J connectivity index is 1.50. The van der Waals surface area contributed by atoms with Crippen LogP contribution in [0.25, 0.3) is 22.1 Å². The maximum atomic E-state index is 13.8. The third-order valence-corrected chi connectivity index (χ3v) is 6.06. The second-order valence-corrected chi connectivity index (χ2v) is 8.24. The van der Waals surface area contributed by atoms with Crippen molar-refractivity contribution in [2.75, 3.05) is 0 Å². The number of phenols is 1. The summed E-state index contributed by atoms with van der Waals surface area (Å²) < 4.78 is 53.1. The number of halogens is 3. The number of hydrogen-bond donors (Lipinski definition) is 2. The van der Waals surface area contributed by atoms with E-state index in [0.29, 0.717) is 51.8 Å². The van der Waals surface area contributed by atoms with Gasteiger partial charge in [0, 0.05) is 17.0 Å². The standard InChI is InChI=1S/C26H19F3O5/c27-26(28,29)21-9-7-19-20(25(21)14-1-3-16(30)4-2-14)8-10-22(19)34-17-5-6-18-15(11-24(31)32)13-33-23(18)12-17/h1-7,9,12-13,22,30H,8,10-11H2,(H,31,32). The lowest BCUT2D eigenvalue weighted by Crippen LogP contribution is -2.10. The van der Waals surface area contributed by atoms with E-state index in [4.69, 9.17) is 14.3 Å². The van der Waals surface area contributed by atoms with E-state index in [2.05, 4.69) is 0 Å². The predicted octanol–water partition coefficient (Wildman–Crippen LogP) is 6.52. The monoisotopic (exact) mass is 468 g/mol. The predicted molar refractivity (Wildman–Crippen MR) is 118 cm³/mol. The fraction of sp³-hybridized carbons (Fsp3) is 0.192. The summed E-state index contributed by atoms with van der Waals surface area (Å²) >= 11 is 0. The topological polar surface area (TPSA) is 79.9 Å². The van der Waals surface area contributed by atoms with Crippen molar-refractivity contribution in [2.45, 2.75) is 31.5 Å². The van der Waals surface area contributed by atoms with E-state index >= 15 is 0 Å². The molecule has 1 unspecified atom stereocenters. The summed E-state index contributed by atoms with van der Waals surface area (Å²) in [5.41, 5.74) is 2.06. The Morgan fingerprint density at radius 3 is 2.56 bits per heavy atom. The van der Waals surface area contributed by atoms with E-state index in [1.165, 1.54) is 36.6 Å². The summed E-state index contributed by atoms with van der Waals surface area (Å²) in [6, 6.07) is 13.3. The van der Waals surface area contributed by atoms with Crippen LogP contribution in [0.15, 0.2) is 65.3 Å². The summed E-state index contributed by atoms with van der Waals surface area (Å²) in [5.74, 6) is -0.508. The average molecular weight is 468 g/mol. The second-order valence-electron chi connectivity index (χ2n) is 8.24. The van der Waals surface area contributed by atoms with Gasteiger partial charge in [-0.3, -0.25) is 4.79 Å². The third kappa shape index (κ3) is 3.96. The highest BCUT2D eigenvalue weighted by Gasteiger charge is 2.38. The van der Waals surface area contributed by atoms with Gasteiger partial charge in [0.05, 0.1) is 18.2 Å². The van der Waals surface area contributed by atoms with Gasteiger partial charge in [0.15, 0.2) is 0 Å². The molecule has 8 heteroatoms. The first-order valence-corrected chi connectivity index (χ1v) is 10.6. The molecule has 2 N–H and O–H groups in total. The average Bonchev–Trinajstić information content (AvgIpc) is 3.37. The Bertz CT molecular complexity index is 1390. The molecule has 5 rings (SSSR count). The zero-order valence-corrected chi connectivity index (χ0v) is 17.7. The summed E-state index contributed by atoms with van der Waals surface area (Å²) in [5, 5.41) is 19.3. The van der Waals surface area contributed by atoms with E-state index in [0.717, 1.165) is 6.07 Å². The van der Waals surface area contributed by atoms with Crippen LogP contribution in [0, 0.1) is 0 Å². The molecule has 1 atom stereocenters. The molecule has 3 aromatic carbocycles. The number of alkyl halides is 3. The van der Waals surface area contributed by atoms with Crippen LogP contribution >= 0.6 is 0 Å². The Hall–Kier alpha value is -3.94. The molecule has 0 bridgehead atoms. The number of aliphatic carboxylic acids is 1. The molecule has 5 nitrogen and oxygen atoms in total. The number of benzene rings is 3. The molecule has 0 amide bonds. The molecule has 1 aliphatic rings. The van der Waals surface area contributed by atoms with E-state index in [-0.39, 0.29) is 17.7 Å². The van der Waals surface area contributed by atoms with Gasteiger partial charge < -0.3 is 19.4 Å². The molecular weight excluding hydrogens is 449 g/mol. The molecule has 0 saturated heterocycles. The van der Waals surface area contributed by atoms with Crippen molar-refractivity contribution >= 4 is 16.9 Å². The second kappa shape index (κ2) is 8.13. The smallest absolute Gasteiger partial charge is 0.417 e. The van der Waals surface area contributed by atoms with Crippen molar-refractivity contribution in [2.24, 2.45) is 0 Å². The number of rotatable bonds is 5. The maximum Gasteiger partial charge on any atom is 0.417 e. The van der Waals surface area contributed by atoms with Crippen molar-refractivity contribution in [3.63, 3.8) is 0 Å². The van der Waals surface area contributed by atoms with Crippen LogP contribution in [0.2, 0.25) is 0 Å². The third-order valence-electron chi connectivity index (χ3n) is 6.06. The SMILES string of the molecule is O=C(O)Cc1coc2cc(OC3CCc4c3ccc(C(F)(F)F)c4-c3ccc(O)cc3)ccc12. The van der Waals surface area contributed by atoms with Gasteiger partial charge in [-0.15, -0.1) is 0 Å². The van der Waals surface area contributed by atoms with Gasteiger partial charge in [0.2, 0.25) is 0 Å². The van der Waals surface area contributed by atoms with Gasteiger partial charge in [0.25, 0.3) is 0 Å². The lowest BCUT2D eigenvalue weighted by molar-refractivity contribution is -0.137. The number of phenolic OH excluding ortho intramolecular Hbond substituents is 1. The summed E-state index contributed by atoms with van der Waals surface area (Å²) in [7, 11) is 0. The number of furan rings is 1. The molecule has 0 fully saturated rings. The van der Waals surface area contributed by atoms with Crippen molar-refractivity contribution in [1.29, 1.82) is 0 Å². The van der Waals surface area contributed by atoms with Crippen molar-refractivity contribution in [1.82, 2.24) is 0 Å². The molecule has 0 spiro atoms. The molecule has 1 aliphatic carbocycles. The maximum absolute atomic E-state index is 13.8. The Labute approximate surface area is 192 Å². The highest BCUT2D eigenvalue weighted by atomic mass is 19.4. The van der Waals surface area contributed by atoms with Crippen molar-refractivity contribution < 1.29 is 37.3 Å². The van der Waals surface area contributed by atoms with E-state index in [1.54, 1.807) is 18.2 Å². The fourth-order valence-corrected chi connectivity index (χ4v) is 4.58. The zero-order valence-electron chi connectivity index (χ0n) is 17.7. The molecule has 0 radical (unpaired) electrons. The van der Waals surface area contributed by atoms with Crippen LogP contribution in [0.5, 0.6) is 11.5 Å². The van der Waals surface area contributed by atoms with Gasteiger partial charge in [-0.25, -0.2) is 0 Å². The summed E-state index contributed by atoms with van der Waals surface area (Å²) in [6.45, 7) is 0. The molecule has 1 heterocycles. The number of carboxylic acids is 1. The first kappa shape index (κ1) is 21.9. The largest absolute Gasteiger partial charge is 0.508 e. The molecule has 0 saturated carbocycles. The lowest BCUT2D eigenvalue weighted by atomic mass is 9.91. The fourth-order valence-electron chi connectivity index (χ4n) is 4.58. The van der Waals surface area contributed by atoms with Gasteiger partial charge >= 0.3 is 12.1 Å². The minimum atomic E-state index is -4.53. The number of carboxylic acid groups (broad SMARTS) is 1.